The molecule has 1 atom stereocenters. The Morgan fingerprint density at radius 3 is 2.42 bits per heavy atom. The van der Waals surface area contributed by atoms with Crippen molar-refractivity contribution in [2.75, 3.05) is 5.32 Å². The van der Waals surface area contributed by atoms with E-state index in [0.29, 0.717) is 34.3 Å². The Labute approximate surface area is 229 Å². The number of fused-ring (bicyclic) bond motifs is 1. The van der Waals surface area contributed by atoms with Crippen LogP contribution in [0.1, 0.15) is 79.7 Å². The van der Waals surface area contributed by atoms with Gasteiger partial charge in [-0.1, -0.05) is 39.3 Å². The van der Waals surface area contributed by atoms with E-state index >= 15 is 0 Å². The van der Waals surface area contributed by atoms with Crippen LogP contribution in [0, 0.1) is 5.92 Å². The highest BCUT2D eigenvalue weighted by Crippen LogP contribution is 2.35. The van der Waals surface area contributed by atoms with Gasteiger partial charge in [0.2, 0.25) is 5.82 Å². The molecule has 0 spiro atoms. The van der Waals surface area contributed by atoms with Gasteiger partial charge in [0.15, 0.2) is 17.3 Å². The fourth-order valence-corrected chi connectivity index (χ4v) is 5.06. The van der Waals surface area contributed by atoms with Gasteiger partial charge in [-0.3, -0.25) is 4.98 Å². The fourth-order valence-electron chi connectivity index (χ4n) is 5.06. The molecule has 1 unspecified atom stereocenters. The van der Waals surface area contributed by atoms with Crippen molar-refractivity contribution in [1.29, 1.82) is 0 Å². The van der Waals surface area contributed by atoms with E-state index in [1.807, 2.05) is 16.7 Å². The van der Waals surface area contributed by atoms with E-state index in [1.54, 1.807) is 6.20 Å². The average Bonchev–Trinajstić information content (AvgIpc) is 3.25. The first-order valence-corrected chi connectivity index (χ1v) is 13.5. The molecule has 1 aromatic carbocycles. The Morgan fingerprint density at radius 2 is 1.85 bits per heavy atom. The number of nitrogens with zero attached hydrogens (tertiary/aromatic N) is 5. The normalized spacial score (nSPS) is 14.9. The third kappa shape index (κ3) is 5.50. The maximum Gasteiger partial charge on any atom is 0.416 e. The molecule has 8 nitrogen and oxygen atoms in total. The second-order valence-electron chi connectivity index (χ2n) is 10.6. The first-order chi connectivity index (χ1) is 19.0. The van der Waals surface area contributed by atoms with E-state index in [9.17, 15) is 23.1 Å². The number of imidazole rings is 1. The number of carboxylic acid groups (broad SMARTS) is 1. The van der Waals surface area contributed by atoms with Gasteiger partial charge in [0.1, 0.15) is 11.2 Å². The van der Waals surface area contributed by atoms with Crippen molar-refractivity contribution in [2.45, 2.75) is 71.1 Å². The van der Waals surface area contributed by atoms with Gasteiger partial charge in [-0.15, -0.1) is 0 Å². The summed E-state index contributed by atoms with van der Waals surface area (Å²) in [5.41, 5.74) is 2.11. The van der Waals surface area contributed by atoms with Crippen molar-refractivity contribution in [2.24, 2.45) is 5.92 Å². The van der Waals surface area contributed by atoms with Gasteiger partial charge in [0, 0.05) is 18.8 Å². The summed E-state index contributed by atoms with van der Waals surface area (Å²) in [6.07, 6.45) is 1.36. The summed E-state index contributed by atoms with van der Waals surface area (Å²) in [7, 11) is 0. The summed E-state index contributed by atoms with van der Waals surface area (Å²) in [5.74, 6) is -0.231. The minimum atomic E-state index is -4.44. The maximum absolute atomic E-state index is 13.2. The van der Waals surface area contributed by atoms with Crippen LogP contribution in [0.2, 0.25) is 0 Å². The van der Waals surface area contributed by atoms with Crippen LogP contribution < -0.4 is 5.32 Å². The zero-order valence-electron chi connectivity index (χ0n) is 22.5. The lowest BCUT2D eigenvalue weighted by Gasteiger charge is -2.34. The van der Waals surface area contributed by atoms with E-state index in [1.165, 1.54) is 12.1 Å². The molecule has 4 aromatic rings. The maximum atomic E-state index is 13.2. The van der Waals surface area contributed by atoms with E-state index in [2.05, 4.69) is 41.0 Å². The van der Waals surface area contributed by atoms with E-state index in [4.69, 9.17) is 4.98 Å². The molecule has 0 bridgehead atoms. The molecule has 5 rings (SSSR count). The molecule has 1 aliphatic carbocycles. The third-order valence-electron chi connectivity index (χ3n) is 7.58. The number of anilines is 1. The van der Waals surface area contributed by atoms with Crippen molar-refractivity contribution in [3.8, 4) is 11.5 Å². The lowest BCUT2D eigenvalue weighted by molar-refractivity contribution is -0.137. The summed E-state index contributed by atoms with van der Waals surface area (Å²) in [5, 5.41) is 13.2. The highest BCUT2D eigenvalue weighted by atomic mass is 19.4. The molecule has 2 N–H and O–H groups in total. The number of nitrogens with one attached hydrogen (secondary N) is 1. The molecule has 1 aliphatic rings. The van der Waals surface area contributed by atoms with Gasteiger partial charge < -0.3 is 15.0 Å². The van der Waals surface area contributed by atoms with Crippen LogP contribution in [0.5, 0.6) is 0 Å². The smallest absolute Gasteiger partial charge is 0.416 e. The summed E-state index contributed by atoms with van der Waals surface area (Å²) in [6, 6.07) is 8.86. The van der Waals surface area contributed by atoms with Crippen LogP contribution >= 0.6 is 0 Å². The Morgan fingerprint density at radius 1 is 1.12 bits per heavy atom. The summed E-state index contributed by atoms with van der Waals surface area (Å²) < 4.78 is 41.4. The lowest BCUT2D eigenvalue weighted by Crippen LogP contribution is -2.33. The molecule has 40 heavy (non-hydrogen) atoms. The molecular weight excluding hydrogens is 521 g/mol. The Hall–Kier alpha value is -4.02. The molecule has 3 heterocycles. The predicted molar refractivity (Wildman–Crippen MR) is 145 cm³/mol. The Bertz CT molecular complexity index is 1530. The van der Waals surface area contributed by atoms with Crippen LogP contribution in [0.15, 0.2) is 42.6 Å². The van der Waals surface area contributed by atoms with Crippen molar-refractivity contribution < 1.29 is 23.1 Å². The van der Waals surface area contributed by atoms with Gasteiger partial charge in [-0.25, -0.2) is 19.7 Å². The van der Waals surface area contributed by atoms with Crippen LogP contribution in [0.3, 0.4) is 0 Å². The van der Waals surface area contributed by atoms with Crippen molar-refractivity contribution >= 4 is 23.0 Å². The van der Waals surface area contributed by atoms with Crippen molar-refractivity contribution in [1.82, 2.24) is 24.5 Å². The third-order valence-corrected chi connectivity index (χ3v) is 7.58. The first kappa shape index (κ1) is 27.5. The van der Waals surface area contributed by atoms with Crippen LogP contribution in [-0.2, 0) is 12.7 Å². The number of hydrogen-bond donors (Lipinski definition) is 2. The molecule has 3 aromatic heterocycles. The van der Waals surface area contributed by atoms with Crippen LogP contribution in [0.25, 0.3) is 22.7 Å². The minimum Gasteiger partial charge on any atom is -0.475 e. The number of aromatic nitrogens is 5. The van der Waals surface area contributed by atoms with Gasteiger partial charge in [0.05, 0.1) is 5.56 Å². The Balaban J connectivity index is 1.70. The largest absolute Gasteiger partial charge is 0.475 e. The number of pyridine rings is 1. The van der Waals surface area contributed by atoms with E-state index < -0.39 is 17.7 Å². The molecule has 0 radical (unpaired) electrons. The number of rotatable bonds is 9. The highest BCUT2D eigenvalue weighted by Gasteiger charge is 2.31. The number of aromatic carboxylic acids is 1. The van der Waals surface area contributed by atoms with Gasteiger partial charge in [0.25, 0.3) is 0 Å². The summed E-state index contributed by atoms with van der Waals surface area (Å²) >= 11 is 0. The number of benzene rings is 1. The number of carboxylic acids is 1. The fraction of sp³-hybridized carbons (Fsp3) is 0.414. The summed E-state index contributed by atoms with van der Waals surface area (Å²) in [4.78, 5) is 29.8. The molecule has 1 fully saturated rings. The second-order valence-corrected chi connectivity index (χ2v) is 10.6. The number of halogens is 3. The van der Waals surface area contributed by atoms with Gasteiger partial charge in [-0.2, -0.15) is 13.2 Å². The molecular formula is C29H31F3N6O2. The predicted octanol–water partition coefficient (Wildman–Crippen LogP) is 6.77. The monoisotopic (exact) mass is 552 g/mol. The first-order valence-electron chi connectivity index (χ1n) is 13.5. The molecule has 0 amide bonds. The zero-order chi connectivity index (χ0) is 28.6. The highest BCUT2D eigenvalue weighted by molar-refractivity contribution is 5.92. The standard InChI is InChI=1S/C29H31F3N6O2/c1-4-21(18-6-5-7-18)34-24-23-25(36-26(35-24)28(39)40)37-27(22-14-19(16(2)3)12-13-33-22)38(23)15-17-8-10-20(11-9-17)29(30,31)32/h8-14,16,18,21H,4-7,15H2,1-3H3,(H,39,40)(H,34,35,36). The number of hydrogen-bond acceptors (Lipinski definition) is 6. The van der Waals surface area contributed by atoms with Gasteiger partial charge >= 0.3 is 12.1 Å². The Kier molecular flexibility index (Phi) is 7.48. The van der Waals surface area contributed by atoms with Crippen molar-refractivity contribution in [3.63, 3.8) is 0 Å². The van der Waals surface area contributed by atoms with E-state index in [0.717, 1.165) is 43.4 Å². The average molecular weight is 553 g/mol. The van der Waals surface area contributed by atoms with Crippen molar-refractivity contribution in [3.05, 3.63) is 65.1 Å². The van der Waals surface area contributed by atoms with Gasteiger partial charge in [-0.05, 0) is 66.5 Å². The zero-order valence-corrected chi connectivity index (χ0v) is 22.5. The molecule has 11 heteroatoms. The topological polar surface area (TPSA) is 106 Å². The number of carbonyl (C=O) groups is 1. The molecule has 0 saturated heterocycles. The lowest BCUT2D eigenvalue weighted by atomic mass is 9.79. The van der Waals surface area contributed by atoms with Crippen LogP contribution in [0.4, 0.5) is 19.0 Å². The summed E-state index contributed by atoms with van der Waals surface area (Å²) in [6.45, 7) is 6.34. The quantitative estimate of drug-likeness (QED) is 0.236. The molecule has 1 saturated carbocycles. The van der Waals surface area contributed by atoms with Crippen LogP contribution in [-0.4, -0.2) is 41.6 Å². The minimum absolute atomic E-state index is 0.0776. The molecule has 0 aliphatic heterocycles. The van der Waals surface area contributed by atoms with E-state index in [-0.39, 0.29) is 30.0 Å². The SMILES string of the molecule is CCC(Nc1nc(C(=O)O)nc2nc(-c3cc(C(C)C)ccn3)n(Cc3ccc(C(F)(F)F)cc3)c12)C1CCC1. The number of alkyl halides is 3. The second kappa shape index (κ2) is 10.9. The molecule has 210 valence electrons.